The normalized spacial score (nSPS) is 13.4. The Bertz CT molecular complexity index is 789. The Kier molecular flexibility index (Phi) is 5.56. The van der Waals surface area contributed by atoms with Gasteiger partial charge in [0, 0.05) is 32.6 Å². The van der Waals surface area contributed by atoms with E-state index in [0.29, 0.717) is 32.7 Å². The van der Waals surface area contributed by atoms with E-state index in [-0.39, 0.29) is 11.8 Å². The van der Waals surface area contributed by atoms with E-state index < -0.39 is 0 Å². The summed E-state index contributed by atoms with van der Waals surface area (Å²) >= 11 is 0. The second kappa shape index (κ2) is 8.04. The lowest BCUT2D eigenvalue weighted by molar-refractivity contribution is -0.131. The summed E-state index contributed by atoms with van der Waals surface area (Å²) in [6.07, 6.45) is 0.392. The van der Waals surface area contributed by atoms with Crippen molar-refractivity contribution in [1.82, 2.24) is 9.80 Å². The number of amides is 2. The molecule has 5 heteroatoms. The SMILES string of the molecule is CC(=O)N(C)Cc1ccc2c(c1)CN(C(=O)Cc1ccccc1)CCO2. The Morgan fingerprint density at radius 1 is 1.12 bits per heavy atom. The molecule has 136 valence electrons. The largest absolute Gasteiger partial charge is 0.491 e. The number of hydrogen-bond donors (Lipinski definition) is 0. The van der Waals surface area contributed by atoms with E-state index in [0.717, 1.165) is 22.4 Å². The minimum atomic E-state index is 0.0239. The molecule has 0 bridgehead atoms. The number of benzene rings is 2. The molecule has 2 amide bonds. The van der Waals surface area contributed by atoms with Gasteiger partial charge in [0.05, 0.1) is 13.0 Å². The molecule has 3 rings (SSSR count). The Morgan fingerprint density at radius 2 is 1.88 bits per heavy atom. The van der Waals surface area contributed by atoms with Crippen molar-refractivity contribution in [1.29, 1.82) is 0 Å². The molecule has 1 aliphatic heterocycles. The lowest BCUT2D eigenvalue weighted by Crippen LogP contribution is -2.33. The zero-order valence-corrected chi connectivity index (χ0v) is 15.3. The molecule has 2 aromatic rings. The van der Waals surface area contributed by atoms with Crippen LogP contribution in [0.15, 0.2) is 48.5 Å². The third-order valence-electron chi connectivity index (χ3n) is 4.61. The highest BCUT2D eigenvalue weighted by Crippen LogP contribution is 2.25. The van der Waals surface area contributed by atoms with Gasteiger partial charge in [-0.3, -0.25) is 9.59 Å². The highest BCUT2D eigenvalue weighted by Gasteiger charge is 2.20. The average molecular weight is 352 g/mol. The zero-order valence-electron chi connectivity index (χ0n) is 15.3. The van der Waals surface area contributed by atoms with Crippen LogP contribution >= 0.6 is 0 Å². The van der Waals surface area contributed by atoms with Crippen LogP contribution in [0.1, 0.15) is 23.6 Å². The van der Waals surface area contributed by atoms with Crippen LogP contribution in [0.5, 0.6) is 5.75 Å². The van der Waals surface area contributed by atoms with Gasteiger partial charge in [0.25, 0.3) is 0 Å². The summed E-state index contributed by atoms with van der Waals surface area (Å²) < 4.78 is 5.81. The van der Waals surface area contributed by atoms with Gasteiger partial charge in [0.2, 0.25) is 11.8 Å². The summed E-state index contributed by atoms with van der Waals surface area (Å²) in [6, 6.07) is 15.7. The van der Waals surface area contributed by atoms with Crippen molar-refractivity contribution < 1.29 is 14.3 Å². The average Bonchev–Trinajstić information content (AvgIpc) is 2.84. The second-order valence-electron chi connectivity index (χ2n) is 6.64. The van der Waals surface area contributed by atoms with Gasteiger partial charge in [-0.05, 0) is 23.3 Å². The first kappa shape index (κ1) is 18.0. The topological polar surface area (TPSA) is 49.9 Å². The van der Waals surface area contributed by atoms with Crippen LogP contribution in [-0.4, -0.2) is 41.8 Å². The van der Waals surface area contributed by atoms with Crippen LogP contribution < -0.4 is 4.74 Å². The summed E-state index contributed by atoms with van der Waals surface area (Å²) in [4.78, 5) is 27.7. The number of carbonyl (C=O) groups excluding carboxylic acids is 2. The summed E-state index contributed by atoms with van der Waals surface area (Å²) in [5.74, 6) is 0.934. The molecule has 5 nitrogen and oxygen atoms in total. The molecule has 0 unspecified atom stereocenters. The van der Waals surface area contributed by atoms with E-state index >= 15 is 0 Å². The van der Waals surface area contributed by atoms with Crippen LogP contribution in [0, 0.1) is 0 Å². The highest BCUT2D eigenvalue weighted by atomic mass is 16.5. The zero-order chi connectivity index (χ0) is 18.5. The van der Waals surface area contributed by atoms with Crippen molar-refractivity contribution in [2.45, 2.75) is 26.4 Å². The maximum absolute atomic E-state index is 12.7. The molecule has 0 spiro atoms. The molecule has 0 N–H and O–H groups in total. The molecule has 0 radical (unpaired) electrons. The van der Waals surface area contributed by atoms with Gasteiger partial charge in [-0.15, -0.1) is 0 Å². The van der Waals surface area contributed by atoms with Crippen LogP contribution in [0.25, 0.3) is 0 Å². The third-order valence-corrected chi connectivity index (χ3v) is 4.61. The molecule has 0 atom stereocenters. The summed E-state index contributed by atoms with van der Waals surface area (Å²) in [5.41, 5.74) is 3.03. The quantitative estimate of drug-likeness (QED) is 0.850. The number of ether oxygens (including phenoxy) is 1. The Hall–Kier alpha value is -2.82. The molecule has 0 aromatic heterocycles. The first-order valence-electron chi connectivity index (χ1n) is 8.81. The fraction of sp³-hybridized carbons (Fsp3) is 0.333. The van der Waals surface area contributed by atoms with Gasteiger partial charge in [0.15, 0.2) is 0 Å². The molecular weight excluding hydrogens is 328 g/mol. The van der Waals surface area contributed by atoms with Crippen molar-refractivity contribution in [3.63, 3.8) is 0 Å². The maximum Gasteiger partial charge on any atom is 0.227 e. The predicted molar refractivity (Wildman–Crippen MR) is 99.6 cm³/mol. The molecular formula is C21H24N2O3. The number of rotatable bonds is 4. The van der Waals surface area contributed by atoms with Gasteiger partial charge in [-0.1, -0.05) is 36.4 Å². The lowest BCUT2D eigenvalue weighted by atomic mass is 10.1. The number of fused-ring (bicyclic) bond motifs is 1. The fourth-order valence-electron chi connectivity index (χ4n) is 3.03. The van der Waals surface area contributed by atoms with Crippen molar-refractivity contribution in [3.05, 3.63) is 65.2 Å². The Balaban J connectivity index is 1.73. The van der Waals surface area contributed by atoms with Gasteiger partial charge < -0.3 is 14.5 Å². The lowest BCUT2D eigenvalue weighted by Gasteiger charge is -2.20. The number of hydrogen-bond acceptors (Lipinski definition) is 3. The molecule has 0 fully saturated rings. The van der Waals surface area contributed by atoms with Crippen molar-refractivity contribution >= 4 is 11.8 Å². The first-order valence-corrected chi connectivity index (χ1v) is 8.81. The van der Waals surface area contributed by atoms with Crippen LogP contribution in [0.2, 0.25) is 0 Å². The molecule has 0 aliphatic carbocycles. The first-order chi connectivity index (χ1) is 12.5. The van der Waals surface area contributed by atoms with Gasteiger partial charge in [-0.25, -0.2) is 0 Å². The van der Waals surface area contributed by atoms with E-state index in [1.54, 1.807) is 18.9 Å². The number of nitrogens with zero attached hydrogens (tertiary/aromatic N) is 2. The smallest absolute Gasteiger partial charge is 0.227 e. The van der Waals surface area contributed by atoms with E-state index in [4.69, 9.17) is 4.74 Å². The van der Waals surface area contributed by atoms with E-state index in [1.807, 2.05) is 53.4 Å². The third kappa shape index (κ3) is 4.42. The van der Waals surface area contributed by atoms with Crippen molar-refractivity contribution in [3.8, 4) is 5.75 Å². The highest BCUT2D eigenvalue weighted by molar-refractivity contribution is 5.79. The molecule has 26 heavy (non-hydrogen) atoms. The van der Waals surface area contributed by atoms with E-state index in [9.17, 15) is 9.59 Å². The Labute approximate surface area is 154 Å². The van der Waals surface area contributed by atoms with Crippen molar-refractivity contribution in [2.75, 3.05) is 20.2 Å². The second-order valence-corrected chi connectivity index (χ2v) is 6.64. The minimum absolute atomic E-state index is 0.0239. The minimum Gasteiger partial charge on any atom is -0.491 e. The summed E-state index contributed by atoms with van der Waals surface area (Å²) in [5, 5.41) is 0. The number of carbonyl (C=O) groups is 2. The fourth-order valence-corrected chi connectivity index (χ4v) is 3.03. The maximum atomic E-state index is 12.7. The monoisotopic (exact) mass is 352 g/mol. The summed E-state index contributed by atoms with van der Waals surface area (Å²) in [7, 11) is 1.78. The van der Waals surface area contributed by atoms with Gasteiger partial charge >= 0.3 is 0 Å². The molecule has 1 heterocycles. The molecule has 1 aliphatic rings. The molecule has 0 saturated heterocycles. The van der Waals surface area contributed by atoms with Crippen LogP contribution in [0.3, 0.4) is 0 Å². The van der Waals surface area contributed by atoms with E-state index in [1.165, 1.54) is 0 Å². The van der Waals surface area contributed by atoms with E-state index in [2.05, 4.69) is 0 Å². The van der Waals surface area contributed by atoms with Crippen molar-refractivity contribution in [2.24, 2.45) is 0 Å². The van der Waals surface area contributed by atoms with Crippen LogP contribution in [0.4, 0.5) is 0 Å². The standard InChI is InChI=1S/C21H24N2O3/c1-16(24)22(2)14-18-8-9-20-19(12-18)15-23(10-11-26-20)21(25)13-17-6-4-3-5-7-17/h3-9,12H,10-11,13-15H2,1-2H3. The van der Waals surface area contributed by atoms with Crippen LogP contribution in [-0.2, 0) is 29.1 Å². The molecule has 0 saturated carbocycles. The Morgan fingerprint density at radius 3 is 2.62 bits per heavy atom. The molecule has 2 aromatic carbocycles. The predicted octanol–water partition coefficient (Wildman–Crippen LogP) is 2.63. The van der Waals surface area contributed by atoms with Gasteiger partial charge in [-0.2, -0.15) is 0 Å². The van der Waals surface area contributed by atoms with Gasteiger partial charge in [0.1, 0.15) is 12.4 Å². The summed E-state index contributed by atoms with van der Waals surface area (Å²) in [6.45, 7) is 3.68.